The van der Waals surface area contributed by atoms with Gasteiger partial charge in [0.05, 0.1) is 6.61 Å². The Morgan fingerprint density at radius 1 is 1.30 bits per heavy atom. The summed E-state index contributed by atoms with van der Waals surface area (Å²) in [5.41, 5.74) is 8.22. The van der Waals surface area contributed by atoms with E-state index in [0.717, 1.165) is 16.8 Å². The zero-order chi connectivity index (χ0) is 14.5. The molecular weight excluding hydrogens is 272 g/mol. The second-order valence-corrected chi connectivity index (χ2v) is 4.82. The Bertz CT molecular complexity index is 629. The molecule has 0 saturated carbocycles. The molecule has 0 aliphatic heterocycles. The molecule has 5 heteroatoms. The van der Waals surface area contributed by atoms with Crippen LogP contribution in [0.5, 0.6) is 11.6 Å². The van der Waals surface area contributed by atoms with Crippen LogP contribution in [0, 0.1) is 6.92 Å². The monoisotopic (exact) mass is 288 g/mol. The quantitative estimate of drug-likeness (QED) is 0.857. The van der Waals surface area contributed by atoms with Gasteiger partial charge in [0.25, 0.3) is 0 Å². The molecule has 0 aliphatic rings. The maximum atomic E-state index is 5.76. The fraction of sp³-hybridized carbons (Fsp3) is 0.200. The van der Waals surface area contributed by atoms with Crippen LogP contribution in [0.3, 0.4) is 0 Å². The number of hydrogen-bond donors (Lipinski definition) is 1. The fourth-order valence-electron chi connectivity index (χ4n) is 1.82. The van der Waals surface area contributed by atoms with Crippen molar-refractivity contribution in [3.8, 4) is 11.6 Å². The van der Waals surface area contributed by atoms with Crippen molar-refractivity contribution in [1.82, 2.24) is 4.98 Å². The molecule has 0 saturated heterocycles. The van der Waals surface area contributed by atoms with Crippen LogP contribution in [0.4, 0.5) is 0 Å². The van der Waals surface area contributed by atoms with Gasteiger partial charge in [-0.25, -0.2) is 4.98 Å². The maximum absolute atomic E-state index is 5.76. The SMILES string of the molecule is COCc1cccc(Oc2cc(C(N)=S)cc(C)n2)c1. The number of benzene rings is 1. The van der Waals surface area contributed by atoms with Gasteiger partial charge in [-0.3, -0.25) is 0 Å². The summed E-state index contributed by atoms with van der Waals surface area (Å²) in [7, 11) is 1.66. The van der Waals surface area contributed by atoms with E-state index in [4.69, 9.17) is 27.4 Å². The maximum Gasteiger partial charge on any atom is 0.220 e. The van der Waals surface area contributed by atoms with Crippen LogP contribution in [0.2, 0.25) is 0 Å². The van der Waals surface area contributed by atoms with Crippen molar-refractivity contribution in [3.63, 3.8) is 0 Å². The van der Waals surface area contributed by atoms with Crippen molar-refractivity contribution < 1.29 is 9.47 Å². The van der Waals surface area contributed by atoms with E-state index >= 15 is 0 Å². The van der Waals surface area contributed by atoms with Gasteiger partial charge >= 0.3 is 0 Å². The van der Waals surface area contributed by atoms with Crippen LogP contribution in [-0.4, -0.2) is 17.1 Å². The molecule has 0 aliphatic carbocycles. The highest BCUT2D eigenvalue weighted by atomic mass is 32.1. The third-order valence-corrected chi connectivity index (χ3v) is 2.88. The molecule has 0 fully saturated rings. The molecule has 104 valence electrons. The summed E-state index contributed by atoms with van der Waals surface area (Å²) < 4.78 is 10.9. The summed E-state index contributed by atoms with van der Waals surface area (Å²) in [6.07, 6.45) is 0. The average Bonchev–Trinajstić information content (AvgIpc) is 2.38. The normalized spacial score (nSPS) is 10.3. The van der Waals surface area contributed by atoms with E-state index in [0.29, 0.717) is 23.2 Å². The highest BCUT2D eigenvalue weighted by molar-refractivity contribution is 7.80. The van der Waals surface area contributed by atoms with Crippen molar-refractivity contribution in [1.29, 1.82) is 0 Å². The lowest BCUT2D eigenvalue weighted by Gasteiger charge is -2.09. The van der Waals surface area contributed by atoms with E-state index in [1.807, 2.05) is 37.3 Å². The van der Waals surface area contributed by atoms with E-state index in [1.165, 1.54) is 0 Å². The standard InChI is InChI=1S/C15H16N2O2S/c1-10-6-12(15(16)20)8-14(17-10)19-13-5-3-4-11(7-13)9-18-2/h3-8H,9H2,1-2H3,(H2,16,20). The largest absolute Gasteiger partial charge is 0.439 e. The van der Waals surface area contributed by atoms with Gasteiger partial charge in [0.15, 0.2) is 0 Å². The van der Waals surface area contributed by atoms with E-state index in [1.54, 1.807) is 13.2 Å². The van der Waals surface area contributed by atoms with Crippen molar-refractivity contribution in [2.75, 3.05) is 7.11 Å². The Hall–Kier alpha value is -1.98. The molecule has 2 rings (SSSR count). The molecule has 4 nitrogen and oxygen atoms in total. The van der Waals surface area contributed by atoms with Gasteiger partial charge in [-0.05, 0) is 30.7 Å². The van der Waals surface area contributed by atoms with Gasteiger partial charge in [0.2, 0.25) is 5.88 Å². The van der Waals surface area contributed by atoms with Crippen molar-refractivity contribution in [2.24, 2.45) is 5.73 Å². The molecule has 0 amide bonds. The summed E-state index contributed by atoms with van der Waals surface area (Å²) in [5.74, 6) is 1.17. The van der Waals surface area contributed by atoms with Crippen LogP contribution in [0.1, 0.15) is 16.8 Å². The lowest BCUT2D eigenvalue weighted by Crippen LogP contribution is -2.10. The number of nitrogens with zero attached hydrogens (tertiary/aromatic N) is 1. The second-order valence-electron chi connectivity index (χ2n) is 4.38. The fourth-order valence-corrected chi connectivity index (χ4v) is 1.94. The predicted molar refractivity (Wildman–Crippen MR) is 82.1 cm³/mol. The van der Waals surface area contributed by atoms with E-state index in [9.17, 15) is 0 Å². The molecule has 2 N–H and O–H groups in total. The number of rotatable bonds is 5. The molecule has 1 aromatic heterocycles. The minimum atomic E-state index is 0.327. The Morgan fingerprint density at radius 3 is 2.80 bits per heavy atom. The molecule has 2 aromatic rings. The number of pyridine rings is 1. The van der Waals surface area contributed by atoms with Gasteiger partial charge in [0, 0.05) is 24.4 Å². The average molecular weight is 288 g/mol. The van der Waals surface area contributed by atoms with Crippen molar-refractivity contribution in [2.45, 2.75) is 13.5 Å². The molecule has 0 unspecified atom stereocenters. The first-order chi connectivity index (χ1) is 9.58. The summed E-state index contributed by atoms with van der Waals surface area (Å²) in [5, 5.41) is 0. The topological polar surface area (TPSA) is 57.4 Å². The molecule has 0 bridgehead atoms. The number of aryl methyl sites for hydroxylation is 1. The number of hydrogen-bond acceptors (Lipinski definition) is 4. The van der Waals surface area contributed by atoms with Gasteiger partial charge in [-0.1, -0.05) is 24.4 Å². The molecule has 1 heterocycles. The molecule has 0 spiro atoms. The van der Waals surface area contributed by atoms with E-state index in [-0.39, 0.29) is 0 Å². The van der Waals surface area contributed by atoms with Crippen LogP contribution in [0.15, 0.2) is 36.4 Å². The lowest BCUT2D eigenvalue weighted by molar-refractivity contribution is 0.184. The van der Waals surface area contributed by atoms with E-state index < -0.39 is 0 Å². The minimum absolute atomic E-state index is 0.327. The van der Waals surface area contributed by atoms with Crippen LogP contribution in [0.25, 0.3) is 0 Å². The van der Waals surface area contributed by atoms with Crippen LogP contribution < -0.4 is 10.5 Å². The minimum Gasteiger partial charge on any atom is -0.439 e. The smallest absolute Gasteiger partial charge is 0.220 e. The lowest BCUT2D eigenvalue weighted by atomic mass is 10.2. The third-order valence-electron chi connectivity index (χ3n) is 2.65. The highest BCUT2D eigenvalue weighted by Crippen LogP contribution is 2.22. The Morgan fingerprint density at radius 2 is 2.10 bits per heavy atom. The summed E-state index contributed by atoms with van der Waals surface area (Å²) in [4.78, 5) is 4.65. The zero-order valence-electron chi connectivity index (χ0n) is 11.4. The zero-order valence-corrected chi connectivity index (χ0v) is 12.2. The third kappa shape index (κ3) is 3.76. The number of methoxy groups -OCH3 is 1. The van der Waals surface area contributed by atoms with Crippen LogP contribution in [-0.2, 0) is 11.3 Å². The first-order valence-electron chi connectivity index (χ1n) is 6.12. The number of thiocarbonyl (C=S) groups is 1. The van der Waals surface area contributed by atoms with Crippen LogP contribution >= 0.6 is 12.2 Å². The summed E-state index contributed by atoms with van der Waals surface area (Å²) in [6.45, 7) is 2.41. The number of aromatic nitrogens is 1. The Kier molecular flexibility index (Phi) is 4.65. The molecule has 0 radical (unpaired) electrons. The van der Waals surface area contributed by atoms with Crippen molar-refractivity contribution in [3.05, 3.63) is 53.2 Å². The predicted octanol–water partition coefficient (Wildman–Crippen LogP) is 2.96. The van der Waals surface area contributed by atoms with Gasteiger partial charge < -0.3 is 15.2 Å². The Labute approximate surface area is 123 Å². The second kappa shape index (κ2) is 6.45. The van der Waals surface area contributed by atoms with Crippen molar-refractivity contribution >= 4 is 17.2 Å². The highest BCUT2D eigenvalue weighted by Gasteiger charge is 2.05. The van der Waals surface area contributed by atoms with Gasteiger partial charge in [0.1, 0.15) is 10.7 Å². The summed E-state index contributed by atoms with van der Waals surface area (Å²) in [6, 6.07) is 11.2. The first-order valence-corrected chi connectivity index (χ1v) is 6.53. The van der Waals surface area contributed by atoms with E-state index in [2.05, 4.69) is 4.98 Å². The molecule has 20 heavy (non-hydrogen) atoms. The van der Waals surface area contributed by atoms with Gasteiger partial charge in [-0.15, -0.1) is 0 Å². The number of nitrogens with two attached hydrogens (primary N) is 1. The molecular formula is C15H16N2O2S. The van der Waals surface area contributed by atoms with Gasteiger partial charge in [-0.2, -0.15) is 0 Å². The Balaban J connectivity index is 2.25. The molecule has 1 aromatic carbocycles. The summed E-state index contributed by atoms with van der Waals surface area (Å²) >= 11 is 4.98. The number of ether oxygens (including phenoxy) is 2. The first kappa shape index (κ1) is 14.4. The molecule has 0 atom stereocenters.